The van der Waals surface area contributed by atoms with Crippen molar-refractivity contribution in [3.05, 3.63) is 60.3 Å². The number of fused-ring (bicyclic) bond motifs is 2. The first-order valence-electron chi connectivity index (χ1n) is 9.22. The molecular formula is C20H15F3N4O2S. The van der Waals surface area contributed by atoms with Crippen molar-refractivity contribution in [2.45, 2.75) is 18.4 Å². The van der Waals surface area contributed by atoms with Gasteiger partial charge in [0, 0.05) is 31.6 Å². The van der Waals surface area contributed by atoms with E-state index in [2.05, 4.69) is 9.97 Å². The van der Waals surface area contributed by atoms with Crippen LogP contribution < -0.4 is 4.74 Å². The van der Waals surface area contributed by atoms with Crippen molar-refractivity contribution in [3.8, 4) is 5.19 Å². The Morgan fingerprint density at radius 3 is 3.00 bits per heavy atom. The summed E-state index contributed by atoms with van der Waals surface area (Å²) in [5.74, 6) is -3.95. The summed E-state index contributed by atoms with van der Waals surface area (Å²) in [6.45, 7) is -0.392. The number of ether oxygens (including phenoxy) is 1. The molecule has 1 aromatic carbocycles. The first kappa shape index (κ1) is 18.9. The summed E-state index contributed by atoms with van der Waals surface area (Å²) >= 11 is 0.991. The van der Waals surface area contributed by atoms with Gasteiger partial charge >= 0.3 is 0 Å². The zero-order valence-corrected chi connectivity index (χ0v) is 16.3. The number of amides is 1. The molecule has 5 rings (SSSR count). The van der Waals surface area contributed by atoms with Gasteiger partial charge in [-0.05, 0) is 30.3 Å². The number of hydrogen-bond acceptors (Lipinski definition) is 5. The lowest BCUT2D eigenvalue weighted by molar-refractivity contribution is -0.130. The summed E-state index contributed by atoms with van der Waals surface area (Å²) < 4.78 is 50.2. The first-order valence-corrected chi connectivity index (χ1v) is 10.0. The lowest BCUT2D eigenvalue weighted by Gasteiger charge is -2.37. The molecule has 1 aliphatic rings. The molecule has 0 aliphatic carbocycles. The minimum Gasteiger partial charge on any atom is -0.458 e. The Morgan fingerprint density at radius 2 is 2.13 bits per heavy atom. The Balaban J connectivity index is 1.40. The Morgan fingerprint density at radius 1 is 1.27 bits per heavy atom. The van der Waals surface area contributed by atoms with Crippen LogP contribution in [0.2, 0.25) is 0 Å². The molecule has 154 valence electrons. The van der Waals surface area contributed by atoms with Crippen LogP contribution >= 0.6 is 11.3 Å². The van der Waals surface area contributed by atoms with Gasteiger partial charge < -0.3 is 14.0 Å². The molecule has 1 saturated heterocycles. The van der Waals surface area contributed by atoms with E-state index in [4.69, 9.17) is 4.74 Å². The number of alkyl halides is 2. The van der Waals surface area contributed by atoms with Crippen LogP contribution in [0.1, 0.15) is 16.8 Å². The molecule has 0 N–H and O–H groups in total. The lowest BCUT2D eigenvalue weighted by atomic mass is 10.0. The van der Waals surface area contributed by atoms with Gasteiger partial charge in [0.1, 0.15) is 11.5 Å². The molecule has 0 spiro atoms. The van der Waals surface area contributed by atoms with E-state index < -0.39 is 24.3 Å². The number of aromatic nitrogens is 3. The number of thiazole rings is 1. The second kappa shape index (κ2) is 6.98. The van der Waals surface area contributed by atoms with Crippen LogP contribution in [0.5, 0.6) is 5.19 Å². The van der Waals surface area contributed by atoms with E-state index in [1.54, 1.807) is 35.1 Å². The highest BCUT2D eigenvalue weighted by atomic mass is 32.1. The highest BCUT2D eigenvalue weighted by Crippen LogP contribution is 2.35. The predicted octanol–water partition coefficient (Wildman–Crippen LogP) is 4.01. The summed E-state index contributed by atoms with van der Waals surface area (Å²) in [6, 6.07) is 7.32. The molecule has 6 nitrogen and oxygen atoms in total. The number of hydrogen-bond donors (Lipinski definition) is 0. The number of carbonyl (C=O) groups is 1. The average Bonchev–Trinajstić information content (AvgIpc) is 3.34. The van der Waals surface area contributed by atoms with Crippen LogP contribution in [0.4, 0.5) is 13.2 Å². The van der Waals surface area contributed by atoms with Crippen molar-refractivity contribution < 1.29 is 22.7 Å². The molecule has 0 saturated carbocycles. The van der Waals surface area contributed by atoms with Gasteiger partial charge in [0.15, 0.2) is 6.10 Å². The number of piperidine rings is 1. The van der Waals surface area contributed by atoms with Crippen LogP contribution in [0.15, 0.2) is 48.9 Å². The summed E-state index contributed by atoms with van der Waals surface area (Å²) in [7, 11) is 0. The number of rotatable bonds is 3. The fraction of sp³-hybridized carbons (Fsp3) is 0.250. The molecule has 4 heterocycles. The van der Waals surface area contributed by atoms with Crippen molar-refractivity contribution in [2.75, 3.05) is 13.1 Å². The van der Waals surface area contributed by atoms with Crippen LogP contribution in [0, 0.1) is 5.82 Å². The number of likely N-dealkylation sites (tertiary alicyclic amines) is 1. The predicted molar refractivity (Wildman–Crippen MR) is 105 cm³/mol. The molecule has 1 atom stereocenters. The van der Waals surface area contributed by atoms with Crippen molar-refractivity contribution in [2.24, 2.45) is 0 Å². The van der Waals surface area contributed by atoms with Crippen LogP contribution in [0.25, 0.3) is 15.9 Å². The SMILES string of the molecule is O=C(c1cccn2ccnc12)N1CCC(F)(F)[C@@H](Oc2nc3ccc(F)cc3s2)C1. The van der Waals surface area contributed by atoms with E-state index in [1.807, 2.05) is 0 Å². The zero-order valence-electron chi connectivity index (χ0n) is 15.5. The number of benzene rings is 1. The molecule has 1 fully saturated rings. The summed E-state index contributed by atoms with van der Waals surface area (Å²) in [5, 5.41) is 0.0185. The minimum atomic E-state index is -3.13. The Kier molecular flexibility index (Phi) is 4.39. The van der Waals surface area contributed by atoms with Crippen LogP contribution in [0.3, 0.4) is 0 Å². The van der Waals surface area contributed by atoms with Crippen molar-refractivity contribution in [1.29, 1.82) is 0 Å². The Bertz CT molecular complexity index is 1260. The molecule has 4 aromatic rings. The normalized spacial score (nSPS) is 18.8. The molecule has 3 aromatic heterocycles. The summed E-state index contributed by atoms with van der Waals surface area (Å²) in [4.78, 5) is 22.7. The molecule has 1 amide bonds. The smallest absolute Gasteiger partial charge is 0.287 e. The number of carbonyl (C=O) groups excluding carboxylic acids is 1. The number of nitrogens with zero attached hydrogens (tertiary/aromatic N) is 4. The fourth-order valence-corrected chi connectivity index (χ4v) is 4.40. The topological polar surface area (TPSA) is 59.7 Å². The van der Waals surface area contributed by atoms with Gasteiger partial charge in [-0.2, -0.15) is 0 Å². The van der Waals surface area contributed by atoms with E-state index in [-0.39, 0.29) is 24.2 Å². The van der Waals surface area contributed by atoms with E-state index in [0.717, 1.165) is 11.3 Å². The standard InChI is InChI=1S/C20H15F3N4O2S/c21-12-3-4-14-15(10-12)30-19(25-14)29-16-11-27(8-5-20(16,22)23)18(28)13-2-1-7-26-9-6-24-17(13)26/h1-4,6-7,9-10,16H,5,8,11H2/t16-/m0/s1. The van der Waals surface area contributed by atoms with Gasteiger partial charge in [0.05, 0.1) is 22.3 Å². The fourth-order valence-electron chi connectivity index (χ4n) is 3.51. The second-order valence-corrected chi connectivity index (χ2v) is 8.03. The molecule has 30 heavy (non-hydrogen) atoms. The van der Waals surface area contributed by atoms with Gasteiger partial charge in [-0.15, -0.1) is 0 Å². The quantitative estimate of drug-likeness (QED) is 0.491. The van der Waals surface area contributed by atoms with Gasteiger partial charge in [0.2, 0.25) is 0 Å². The molecular weight excluding hydrogens is 417 g/mol. The molecule has 0 bridgehead atoms. The van der Waals surface area contributed by atoms with Crippen molar-refractivity contribution >= 4 is 33.1 Å². The summed E-state index contributed by atoms with van der Waals surface area (Å²) in [5.41, 5.74) is 1.27. The second-order valence-electron chi connectivity index (χ2n) is 7.04. The van der Waals surface area contributed by atoms with E-state index in [0.29, 0.717) is 21.4 Å². The zero-order chi connectivity index (χ0) is 20.9. The molecule has 0 radical (unpaired) electrons. The third kappa shape index (κ3) is 3.26. The van der Waals surface area contributed by atoms with E-state index in [1.165, 1.54) is 23.1 Å². The maximum Gasteiger partial charge on any atom is 0.287 e. The molecule has 10 heteroatoms. The average molecular weight is 432 g/mol. The van der Waals surface area contributed by atoms with Gasteiger partial charge in [-0.25, -0.2) is 23.1 Å². The monoisotopic (exact) mass is 432 g/mol. The Hall–Kier alpha value is -3.14. The lowest BCUT2D eigenvalue weighted by Crippen LogP contribution is -2.55. The van der Waals surface area contributed by atoms with Crippen molar-refractivity contribution in [1.82, 2.24) is 19.3 Å². The first-order chi connectivity index (χ1) is 14.4. The van der Waals surface area contributed by atoms with Gasteiger partial charge in [-0.1, -0.05) is 11.3 Å². The van der Waals surface area contributed by atoms with Gasteiger partial charge in [0.25, 0.3) is 17.0 Å². The third-order valence-corrected chi connectivity index (χ3v) is 5.99. The number of imidazole rings is 1. The Labute approximate surface area is 172 Å². The molecule has 1 aliphatic heterocycles. The largest absolute Gasteiger partial charge is 0.458 e. The highest BCUT2D eigenvalue weighted by Gasteiger charge is 2.47. The maximum atomic E-state index is 14.6. The van der Waals surface area contributed by atoms with Crippen LogP contribution in [-0.2, 0) is 0 Å². The van der Waals surface area contributed by atoms with Crippen molar-refractivity contribution in [3.63, 3.8) is 0 Å². The minimum absolute atomic E-state index is 0.0185. The number of halogens is 3. The highest BCUT2D eigenvalue weighted by molar-refractivity contribution is 7.20. The maximum absolute atomic E-state index is 14.6. The van der Waals surface area contributed by atoms with Crippen LogP contribution in [-0.4, -0.2) is 50.3 Å². The summed E-state index contributed by atoms with van der Waals surface area (Å²) in [6.07, 6.45) is 2.95. The van der Waals surface area contributed by atoms with E-state index >= 15 is 0 Å². The van der Waals surface area contributed by atoms with E-state index in [9.17, 15) is 18.0 Å². The van der Waals surface area contributed by atoms with Gasteiger partial charge in [-0.3, -0.25) is 4.79 Å². The number of pyridine rings is 1. The third-order valence-electron chi connectivity index (χ3n) is 5.08. The molecule has 0 unspecified atom stereocenters.